The molecular weight excluding hydrogens is 256 g/mol. The van der Waals surface area contributed by atoms with Gasteiger partial charge in [-0.15, -0.1) is 0 Å². The zero-order valence-corrected chi connectivity index (χ0v) is 11.2. The molecule has 0 saturated carbocycles. The first-order valence-electron chi connectivity index (χ1n) is 6.72. The predicted molar refractivity (Wildman–Crippen MR) is 77.0 cm³/mol. The standard InChI is InChI=1S/C15H18N2O3/c18-11-5-1-4-10-16-14(19)8-9-15-17-12-6-2-3-7-13(12)20-15/h2-3,6-9,18H,1,4-5,10-11H2,(H,16,19)/b9-8+. The van der Waals surface area contributed by atoms with Gasteiger partial charge in [0.2, 0.25) is 11.8 Å². The van der Waals surface area contributed by atoms with Crippen LogP contribution in [0.3, 0.4) is 0 Å². The highest BCUT2D eigenvalue weighted by atomic mass is 16.3. The third-order valence-corrected chi connectivity index (χ3v) is 2.82. The molecule has 20 heavy (non-hydrogen) atoms. The van der Waals surface area contributed by atoms with Crippen LogP contribution in [0.1, 0.15) is 25.2 Å². The molecule has 0 aliphatic rings. The van der Waals surface area contributed by atoms with Crippen molar-refractivity contribution in [2.45, 2.75) is 19.3 Å². The van der Waals surface area contributed by atoms with Crippen LogP contribution in [0.5, 0.6) is 0 Å². The lowest BCUT2D eigenvalue weighted by atomic mass is 10.2. The average molecular weight is 274 g/mol. The van der Waals surface area contributed by atoms with E-state index in [0.29, 0.717) is 18.0 Å². The maximum Gasteiger partial charge on any atom is 0.244 e. The van der Waals surface area contributed by atoms with Gasteiger partial charge in [0.15, 0.2) is 5.58 Å². The molecule has 0 atom stereocenters. The van der Waals surface area contributed by atoms with Crippen LogP contribution < -0.4 is 5.32 Å². The molecule has 0 aliphatic carbocycles. The predicted octanol–water partition coefficient (Wildman–Crippen LogP) is 2.12. The summed E-state index contributed by atoms with van der Waals surface area (Å²) in [6, 6.07) is 7.45. The van der Waals surface area contributed by atoms with Crippen LogP contribution in [0.4, 0.5) is 0 Å². The first-order chi connectivity index (χ1) is 9.79. The zero-order chi connectivity index (χ0) is 14.2. The number of nitrogens with one attached hydrogen (secondary N) is 1. The summed E-state index contributed by atoms with van der Waals surface area (Å²) in [4.78, 5) is 15.8. The van der Waals surface area contributed by atoms with Crippen molar-refractivity contribution in [1.82, 2.24) is 10.3 Å². The quantitative estimate of drug-likeness (QED) is 0.599. The number of para-hydroxylation sites is 2. The van der Waals surface area contributed by atoms with E-state index in [-0.39, 0.29) is 12.5 Å². The number of carbonyl (C=O) groups is 1. The molecule has 2 aromatic rings. The van der Waals surface area contributed by atoms with Crippen molar-refractivity contribution in [3.63, 3.8) is 0 Å². The van der Waals surface area contributed by atoms with Crippen molar-refractivity contribution < 1.29 is 14.3 Å². The summed E-state index contributed by atoms with van der Waals surface area (Å²) in [5.41, 5.74) is 1.48. The molecule has 0 bridgehead atoms. The second kappa shape index (κ2) is 7.45. The van der Waals surface area contributed by atoms with Crippen molar-refractivity contribution in [2.24, 2.45) is 0 Å². The van der Waals surface area contributed by atoms with Gasteiger partial charge in [0, 0.05) is 25.3 Å². The molecule has 2 N–H and O–H groups in total. The summed E-state index contributed by atoms with van der Waals surface area (Å²) >= 11 is 0. The van der Waals surface area contributed by atoms with E-state index in [1.54, 1.807) is 6.08 Å². The van der Waals surface area contributed by atoms with Crippen LogP contribution in [0.15, 0.2) is 34.8 Å². The second-order valence-corrected chi connectivity index (χ2v) is 4.43. The molecule has 106 valence electrons. The molecule has 1 amide bonds. The number of rotatable bonds is 7. The molecule has 0 aliphatic heterocycles. The van der Waals surface area contributed by atoms with Crippen LogP contribution in [0, 0.1) is 0 Å². The van der Waals surface area contributed by atoms with Crippen molar-refractivity contribution in [3.05, 3.63) is 36.2 Å². The summed E-state index contributed by atoms with van der Waals surface area (Å²) in [7, 11) is 0. The summed E-state index contributed by atoms with van der Waals surface area (Å²) in [5.74, 6) is 0.248. The number of aliphatic hydroxyl groups excluding tert-OH is 1. The van der Waals surface area contributed by atoms with E-state index < -0.39 is 0 Å². The third-order valence-electron chi connectivity index (χ3n) is 2.82. The Morgan fingerprint density at radius 3 is 2.95 bits per heavy atom. The number of unbranched alkanes of at least 4 members (excludes halogenated alkanes) is 2. The van der Waals surface area contributed by atoms with Gasteiger partial charge in [0.25, 0.3) is 0 Å². The molecule has 5 heteroatoms. The number of carbonyl (C=O) groups excluding carboxylic acids is 1. The fourth-order valence-electron chi connectivity index (χ4n) is 1.79. The van der Waals surface area contributed by atoms with Gasteiger partial charge in [-0.25, -0.2) is 4.98 Å². The van der Waals surface area contributed by atoms with E-state index in [1.165, 1.54) is 6.08 Å². The molecule has 0 saturated heterocycles. The van der Waals surface area contributed by atoms with E-state index in [1.807, 2.05) is 24.3 Å². The van der Waals surface area contributed by atoms with Gasteiger partial charge in [-0.3, -0.25) is 4.79 Å². The van der Waals surface area contributed by atoms with Crippen LogP contribution in [-0.4, -0.2) is 29.1 Å². The van der Waals surface area contributed by atoms with Gasteiger partial charge >= 0.3 is 0 Å². The van der Waals surface area contributed by atoms with Crippen LogP contribution in [0.2, 0.25) is 0 Å². The molecule has 1 aromatic heterocycles. The molecule has 0 unspecified atom stereocenters. The maximum absolute atomic E-state index is 11.5. The topological polar surface area (TPSA) is 75.4 Å². The molecular formula is C15H18N2O3. The largest absolute Gasteiger partial charge is 0.437 e. The number of aromatic nitrogens is 1. The SMILES string of the molecule is O=C(/C=C/c1nc2ccccc2o1)NCCCCCO. The molecule has 0 radical (unpaired) electrons. The number of amides is 1. The smallest absolute Gasteiger partial charge is 0.244 e. The lowest BCUT2D eigenvalue weighted by Gasteiger charge is -2.00. The highest BCUT2D eigenvalue weighted by Gasteiger charge is 2.02. The fourth-order valence-corrected chi connectivity index (χ4v) is 1.79. The second-order valence-electron chi connectivity index (χ2n) is 4.43. The lowest BCUT2D eigenvalue weighted by Crippen LogP contribution is -2.22. The third kappa shape index (κ3) is 4.20. The van der Waals surface area contributed by atoms with Crippen molar-refractivity contribution in [1.29, 1.82) is 0 Å². The zero-order valence-electron chi connectivity index (χ0n) is 11.2. The average Bonchev–Trinajstić information content (AvgIpc) is 2.88. The van der Waals surface area contributed by atoms with Crippen molar-refractivity contribution in [2.75, 3.05) is 13.2 Å². The minimum absolute atomic E-state index is 0.170. The summed E-state index contributed by atoms with van der Waals surface area (Å²) < 4.78 is 5.47. The normalized spacial score (nSPS) is 11.2. The van der Waals surface area contributed by atoms with Crippen LogP contribution in [0.25, 0.3) is 17.2 Å². The minimum Gasteiger partial charge on any atom is -0.437 e. The monoisotopic (exact) mass is 274 g/mol. The molecule has 1 aromatic carbocycles. The number of benzene rings is 1. The van der Waals surface area contributed by atoms with Gasteiger partial charge in [-0.05, 0) is 31.4 Å². The molecule has 0 spiro atoms. The lowest BCUT2D eigenvalue weighted by molar-refractivity contribution is -0.116. The Morgan fingerprint density at radius 1 is 1.30 bits per heavy atom. The first-order valence-corrected chi connectivity index (χ1v) is 6.72. The number of nitrogens with zero attached hydrogens (tertiary/aromatic N) is 1. The van der Waals surface area contributed by atoms with Gasteiger partial charge in [-0.1, -0.05) is 12.1 Å². The number of aliphatic hydroxyl groups is 1. The van der Waals surface area contributed by atoms with Gasteiger partial charge < -0.3 is 14.8 Å². The first kappa shape index (κ1) is 14.3. The molecule has 0 fully saturated rings. The Bertz CT molecular complexity index is 557. The maximum atomic E-state index is 11.5. The number of oxazole rings is 1. The summed E-state index contributed by atoms with van der Waals surface area (Å²) in [6.07, 6.45) is 5.52. The minimum atomic E-state index is -0.170. The van der Waals surface area contributed by atoms with Gasteiger partial charge in [0.1, 0.15) is 5.52 Å². The summed E-state index contributed by atoms with van der Waals surface area (Å²) in [6.45, 7) is 0.808. The highest BCUT2D eigenvalue weighted by Crippen LogP contribution is 2.15. The number of hydrogen-bond acceptors (Lipinski definition) is 4. The van der Waals surface area contributed by atoms with E-state index in [4.69, 9.17) is 9.52 Å². The van der Waals surface area contributed by atoms with Crippen molar-refractivity contribution in [3.8, 4) is 0 Å². The van der Waals surface area contributed by atoms with Crippen LogP contribution >= 0.6 is 0 Å². The molecule has 1 heterocycles. The Balaban J connectivity index is 1.81. The molecule has 2 rings (SSSR count). The molecule has 5 nitrogen and oxygen atoms in total. The van der Waals surface area contributed by atoms with E-state index in [9.17, 15) is 4.79 Å². The van der Waals surface area contributed by atoms with Crippen LogP contribution in [-0.2, 0) is 4.79 Å². The van der Waals surface area contributed by atoms with Gasteiger partial charge in [-0.2, -0.15) is 0 Å². The Kier molecular flexibility index (Phi) is 5.32. The number of hydrogen-bond donors (Lipinski definition) is 2. The Hall–Kier alpha value is -2.14. The Labute approximate surface area is 117 Å². The van der Waals surface area contributed by atoms with E-state index in [2.05, 4.69) is 10.3 Å². The number of fused-ring (bicyclic) bond motifs is 1. The summed E-state index contributed by atoms with van der Waals surface area (Å²) in [5, 5.41) is 11.4. The fraction of sp³-hybridized carbons (Fsp3) is 0.333. The van der Waals surface area contributed by atoms with E-state index in [0.717, 1.165) is 24.8 Å². The Morgan fingerprint density at radius 2 is 2.15 bits per heavy atom. The van der Waals surface area contributed by atoms with E-state index >= 15 is 0 Å². The van der Waals surface area contributed by atoms with Gasteiger partial charge in [0.05, 0.1) is 0 Å². The van der Waals surface area contributed by atoms with Crippen molar-refractivity contribution >= 4 is 23.1 Å². The highest BCUT2D eigenvalue weighted by molar-refractivity contribution is 5.91.